The number of nitrogens with two attached hydrogens (primary N) is 1. The van der Waals surface area contributed by atoms with Crippen molar-refractivity contribution in [3.8, 4) is 0 Å². The molecule has 4 N–H and O–H groups in total. The Labute approximate surface area is 69.7 Å². The molecule has 0 saturated heterocycles. The highest BCUT2D eigenvalue weighted by Crippen LogP contribution is 1.83. The van der Waals surface area contributed by atoms with Crippen LogP contribution in [0, 0.1) is 0 Å². The number of carbonyl (C=O) groups is 2. The standard InChI is InChI=1S/C6H12N2O4/c1-12-3-4(6(10)11)8-2-5(7)9/h4,8H,2-3H2,1H3,(H2,7,9)(H,10,11). The summed E-state index contributed by atoms with van der Waals surface area (Å²) in [4.78, 5) is 20.7. The number of methoxy groups -OCH3 is 1. The van der Waals surface area contributed by atoms with Crippen molar-refractivity contribution >= 4 is 11.9 Å². The van der Waals surface area contributed by atoms with E-state index in [2.05, 4.69) is 10.1 Å². The minimum absolute atomic E-state index is 0.00259. The fourth-order valence-corrected chi connectivity index (χ4v) is 0.608. The summed E-state index contributed by atoms with van der Waals surface area (Å²) in [7, 11) is 1.38. The first-order valence-electron chi connectivity index (χ1n) is 3.31. The minimum atomic E-state index is -1.07. The van der Waals surface area contributed by atoms with Crippen molar-refractivity contribution in [2.75, 3.05) is 20.3 Å². The number of rotatable bonds is 6. The van der Waals surface area contributed by atoms with Gasteiger partial charge < -0.3 is 15.6 Å². The summed E-state index contributed by atoms with van der Waals surface area (Å²) in [6.07, 6.45) is 0. The molecule has 0 rings (SSSR count). The molecule has 0 aliphatic heterocycles. The van der Waals surface area contributed by atoms with Gasteiger partial charge in [0.2, 0.25) is 5.91 Å². The van der Waals surface area contributed by atoms with Gasteiger partial charge in [-0.05, 0) is 0 Å². The Bertz CT molecular complexity index is 171. The number of amides is 1. The van der Waals surface area contributed by atoms with Crippen LogP contribution in [-0.2, 0) is 14.3 Å². The Morgan fingerprint density at radius 3 is 2.58 bits per heavy atom. The first kappa shape index (κ1) is 10.9. The number of carboxylic acids is 1. The highest BCUT2D eigenvalue weighted by molar-refractivity contribution is 5.78. The molecule has 0 radical (unpaired) electrons. The molecule has 12 heavy (non-hydrogen) atoms. The lowest BCUT2D eigenvalue weighted by Crippen LogP contribution is -2.44. The van der Waals surface area contributed by atoms with Crippen molar-refractivity contribution in [1.82, 2.24) is 5.32 Å². The number of hydrogen-bond donors (Lipinski definition) is 3. The third-order valence-electron chi connectivity index (χ3n) is 1.15. The summed E-state index contributed by atoms with van der Waals surface area (Å²) in [6, 6.07) is -0.887. The van der Waals surface area contributed by atoms with Crippen LogP contribution in [0.1, 0.15) is 0 Å². The Kier molecular flexibility index (Phi) is 4.98. The van der Waals surface area contributed by atoms with E-state index in [1.165, 1.54) is 7.11 Å². The van der Waals surface area contributed by atoms with E-state index in [1.54, 1.807) is 0 Å². The van der Waals surface area contributed by atoms with Gasteiger partial charge in [0.15, 0.2) is 0 Å². The molecule has 70 valence electrons. The van der Waals surface area contributed by atoms with Crippen LogP contribution in [0.15, 0.2) is 0 Å². The van der Waals surface area contributed by atoms with Gasteiger partial charge in [-0.3, -0.25) is 14.9 Å². The number of carboxylic acid groups (broad SMARTS) is 1. The molecule has 0 aromatic carbocycles. The molecule has 0 spiro atoms. The van der Waals surface area contributed by atoms with E-state index in [1.807, 2.05) is 0 Å². The van der Waals surface area contributed by atoms with Crippen molar-refractivity contribution in [2.24, 2.45) is 5.73 Å². The molecule has 0 aliphatic carbocycles. The monoisotopic (exact) mass is 176 g/mol. The Balaban J connectivity index is 3.79. The molecule has 1 unspecified atom stereocenters. The summed E-state index contributed by atoms with van der Waals surface area (Å²) in [5.41, 5.74) is 4.80. The van der Waals surface area contributed by atoms with Crippen LogP contribution < -0.4 is 11.1 Å². The quantitative estimate of drug-likeness (QED) is 0.441. The molecule has 0 saturated carbocycles. The van der Waals surface area contributed by atoms with Gasteiger partial charge >= 0.3 is 5.97 Å². The van der Waals surface area contributed by atoms with E-state index in [9.17, 15) is 9.59 Å². The van der Waals surface area contributed by atoms with Gasteiger partial charge in [0.05, 0.1) is 13.2 Å². The maximum atomic E-state index is 10.4. The third-order valence-corrected chi connectivity index (χ3v) is 1.15. The fourth-order valence-electron chi connectivity index (χ4n) is 0.608. The maximum absolute atomic E-state index is 10.4. The summed E-state index contributed by atoms with van der Waals surface area (Å²) in [5, 5.41) is 10.9. The van der Waals surface area contributed by atoms with Crippen molar-refractivity contribution in [3.63, 3.8) is 0 Å². The van der Waals surface area contributed by atoms with Crippen LogP contribution >= 0.6 is 0 Å². The molecular weight excluding hydrogens is 164 g/mol. The Morgan fingerprint density at radius 1 is 1.67 bits per heavy atom. The molecule has 1 atom stereocenters. The predicted molar refractivity (Wildman–Crippen MR) is 40.5 cm³/mol. The van der Waals surface area contributed by atoms with Gasteiger partial charge in [-0.2, -0.15) is 0 Å². The molecule has 0 bridgehead atoms. The SMILES string of the molecule is COCC(NCC(N)=O)C(=O)O. The molecule has 0 fully saturated rings. The number of primary amides is 1. The topological polar surface area (TPSA) is 102 Å². The van der Waals surface area contributed by atoms with Gasteiger partial charge in [-0.15, -0.1) is 0 Å². The second kappa shape index (κ2) is 5.50. The molecule has 6 nitrogen and oxygen atoms in total. The van der Waals surface area contributed by atoms with E-state index in [0.29, 0.717) is 0 Å². The second-order valence-electron chi connectivity index (χ2n) is 2.19. The van der Waals surface area contributed by atoms with Crippen LogP contribution in [0.3, 0.4) is 0 Å². The van der Waals surface area contributed by atoms with Crippen molar-refractivity contribution in [3.05, 3.63) is 0 Å². The highest BCUT2D eigenvalue weighted by atomic mass is 16.5. The van der Waals surface area contributed by atoms with Crippen LogP contribution in [0.4, 0.5) is 0 Å². The average molecular weight is 176 g/mol. The third kappa shape index (κ3) is 4.64. The molecule has 6 heteroatoms. The number of aliphatic carboxylic acids is 1. The van der Waals surface area contributed by atoms with Crippen LogP contribution in [0.2, 0.25) is 0 Å². The lowest BCUT2D eigenvalue weighted by atomic mass is 10.3. The molecular formula is C6H12N2O4. The first-order valence-corrected chi connectivity index (χ1v) is 3.31. The highest BCUT2D eigenvalue weighted by Gasteiger charge is 2.16. The maximum Gasteiger partial charge on any atom is 0.323 e. The molecule has 1 amide bonds. The predicted octanol–water partition coefficient (Wildman–Crippen LogP) is -1.84. The smallest absolute Gasteiger partial charge is 0.323 e. The Morgan fingerprint density at radius 2 is 2.25 bits per heavy atom. The lowest BCUT2D eigenvalue weighted by Gasteiger charge is -2.11. The normalized spacial score (nSPS) is 12.4. The zero-order valence-electron chi connectivity index (χ0n) is 6.74. The molecule has 0 aromatic rings. The van der Waals surface area contributed by atoms with Gasteiger partial charge in [0.1, 0.15) is 6.04 Å². The van der Waals surface area contributed by atoms with Gasteiger partial charge in [0, 0.05) is 7.11 Å². The largest absolute Gasteiger partial charge is 0.480 e. The summed E-state index contributed by atoms with van der Waals surface area (Å²) in [5.74, 6) is -1.67. The lowest BCUT2D eigenvalue weighted by molar-refractivity contribution is -0.140. The molecule has 0 aliphatic rings. The number of nitrogens with one attached hydrogen (secondary N) is 1. The zero-order valence-corrected chi connectivity index (χ0v) is 6.74. The fraction of sp³-hybridized carbons (Fsp3) is 0.667. The van der Waals surface area contributed by atoms with Crippen molar-refractivity contribution in [1.29, 1.82) is 0 Å². The van der Waals surface area contributed by atoms with E-state index in [-0.39, 0.29) is 13.2 Å². The number of carbonyl (C=O) groups excluding carboxylic acids is 1. The van der Waals surface area contributed by atoms with Crippen molar-refractivity contribution in [2.45, 2.75) is 6.04 Å². The van der Waals surface area contributed by atoms with Crippen LogP contribution in [0.25, 0.3) is 0 Å². The van der Waals surface area contributed by atoms with Crippen LogP contribution in [0.5, 0.6) is 0 Å². The van der Waals surface area contributed by atoms with Crippen LogP contribution in [-0.4, -0.2) is 43.3 Å². The summed E-state index contributed by atoms with van der Waals surface area (Å²) < 4.78 is 4.60. The van der Waals surface area contributed by atoms with Gasteiger partial charge in [-0.25, -0.2) is 0 Å². The number of hydrogen-bond acceptors (Lipinski definition) is 4. The number of ether oxygens (including phenoxy) is 1. The van der Waals surface area contributed by atoms with Gasteiger partial charge in [0.25, 0.3) is 0 Å². The van der Waals surface area contributed by atoms with E-state index >= 15 is 0 Å². The van der Waals surface area contributed by atoms with E-state index in [4.69, 9.17) is 10.8 Å². The van der Waals surface area contributed by atoms with E-state index < -0.39 is 17.9 Å². The van der Waals surface area contributed by atoms with E-state index in [0.717, 1.165) is 0 Å². The zero-order chi connectivity index (χ0) is 9.56. The van der Waals surface area contributed by atoms with Gasteiger partial charge in [-0.1, -0.05) is 0 Å². The second-order valence-corrected chi connectivity index (χ2v) is 2.19. The summed E-state index contributed by atoms with van der Waals surface area (Å²) in [6.45, 7) is -0.164. The van der Waals surface area contributed by atoms with Crippen molar-refractivity contribution < 1.29 is 19.4 Å². The summed E-state index contributed by atoms with van der Waals surface area (Å²) >= 11 is 0. The minimum Gasteiger partial charge on any atom is -0.480 e. The molecule has 0 heterocycles. The average Bonchev–Trinajstić information content (AvgIpc) is 1.96. The first-order chi connectivity index (χ1) is 5.57. The Hall–Kier alpha value is -1.14. The molecule has 0 aromatic heterocycles.